The molecule has 2 aliphatic rings. The zero-order chi connectivity index (χ0) is 18.7. The van der Waals surface area contributed by atoms with E-state index >= 15 is 0 Å². The molecular formula is C20H29N3O3. The number of amides is 3. The molecule has 1 saturated carbocycles. The molecule has 1 aliphatic heterocycles. The molecule has 142 valence electrons. The summed E-state index contributed by atoms with van der Waals surface area (Å²) in [6, 6.07) is 5.51. The molecule has 0 atom stereocenters. The van der Waals surface area contributed by atoms with Gasteiger partial charge in [0.05, 0.1) is 11.1 Å². The van der Waals surface area contributed by atoms with E-state index in [2.05, 4.69) is 10.6 Å². The number of fused-ring (bicyclic) bond motifs is 1. The number of nitrogens with zero attached hydrogens (tertiary/aromatic N) is 1. The minimum Gasteiger partial charge on any atom is -0.490 e. The zero-order valence-corrected chi connectivity index (χ0v) is 15.9. The standard InChI is InChI=1S/C20H29N3O3/c1-4-23-16-12-15(22-19(25)21-14-8-6-5-7-9-14)10-11-17(16)26-13-20(2,3)18(23)24/h10-12,14H,4-9,13H2,1-3H3,(H2,21,22,25). The first-order valence-corrected chi connectivity index (χ1v) is 9.57. The molecule has 1 aromatic rings. The third kappa shape index (κ3) is 3.94. The van der Waals surface area contributed by atoms with E-state index < -0.39 is 5.41 Å². The van der Waals surface area contributed by atoms with Crippen LogP contribution in [0.5, 0.6) is 5.75 Å². The van der Waals surface area contributed by atoms with Crippen molar-refractivity contribution in [3.63, 3.8) is 0 Å². The summed E-state index contributed by atoms with van der Waals surface area (Å²) >= 11 is 0. The van der Waals surface area contributed by atoms with Gasteiger partial charge in [0.2, 0.25) is 5.91 Å². The fourth-order valence-corrected chi connectivity index (χ4v) is 3.64. The summed E-state index contributed by atoms with van der Waals surface area (Å²) in [5.41, 5.74) is 0.784. The lowest BCUT2D eigenvalue weighted by atomic mass is 9.93. The number of anilines is 2. The van der Waals surface area contributed by atoms with Gasteiger partial charge in [0.15, 0.2) is 0 Å². The van der Waals surface area contributed by atoms with Crippen molar-refractivity contribution in [2.24, 2.45) is 5.41 Å². The number of carbonyl (C=O) groups is 2. The highest BCUT2D eigenvalue weighted by atomic mass is 16.5. The van der Waals surface area contributed by atoms with Gasteiger partial charge in [0.1, 0.15) is 12.4 Å². The molecule has 0 radical (unpaired) electrons. The second kappa shape index (κ2) is 7.56. The minimum absolute atomic E-state index is 0.0301. The van der Waals surface area contributed by atoms with E-state index in [0.717, 1.165) is 12.8 Å². The molecule has 1 aliphatic carbocycles. The highest BCUT2D eigenvalue weighted by Crippen LogP contribution is 2.38. The predicted octanol–water partition coefficient (Wildman–Crippen LogP) is 3.91. The van der Waals surface area contributed by atoms with Crippen LogP contribution in [0.1, 0.15) is 52.9 Å². The van der Waals surface area contributed by atoms with Crippen LogP contribution in [-0.4, -0.2) is 31.1 Å². The van der Waals surface area contributed by atoms with Crippen LogP contribution < -0.4 is 20.3 Å². The average Bonchev–Trinajstić information content (AvgIpc) is 2.70. The van der Waals surface area contributed by atoms with E-state index in [9.17, 15) is 9.59 Å². The fraction of sp³-hybridized carbons (Fsp3) is 0.600. The number of hydrogen-bond acceptors (Lipinski definition) is 3. The first kappa shape index (κ1) is 18.5. The highest BCUT2D eigenvalue weighted by molar-refractivity contribution is 6.00. The Bertz CT molecular complexity index is 681. The van der Waals surface area contributed by atoms with Crippen LogP contribution in [-0.2, 0) is 4.79 Å². The maximum atomic E-state index is 12.8. The van der Waals surface area contributed by atoms with Crippen LogP contribution in [0.15, 0.2) is 18.2 Å². The van der Waals surface area contributed by atoms with Crippen LogP contribution in [0.4, 0.5) is 16.2 Å². The minimum atomic E-state index is -0.582. The lowest BCUT2D eigenvalue weighted by molar-refractivity contribution is -0.127. The summed E-state index contributed by atoms with van der Waals surface area (Å²) in [5, 5.41) is 5.94. The highest BCUT2D eigenvalue weighted by Gasteiger charge is 2.37. The molecule has 1 aromatic carbocycles. The normalized spacial score (nSPS) is 20.0. The molecule has 0 aromatic heterocycles. The summed E-state index contributed by atoms with van der Waals surface area (Å²) < 4.78 is 5.86. The van der Waals surface area contributed by atoms with Gasteiger partial charge in [-0.15, -0.1) is 0 Å². The average molecular weight is 359 g/mol. The summed E-state index contributed by atoms with van der Waals surface area (Å²) in [6.07, 6.45) is 5.67. The van der Waals surface area contributed by atoms with Gasteiger partial charge in [0.25, 0.3) is 0 Å². The van der Waals surface area contributed by atoms with Crippen molar-refractivity contribution in [2.75, 3.05) is 23.4 Å². The van der Waals surface area contributed by atoms with Crippen molar-refractivity contribution in [3.05, 3.63) is 18.2 Å². The Morgan fingerprint density at radius 2 is 2.00 bits per heavy atom. The zero-order valence-electron chi connectivity index (χ0n) is 15.9. The van der Waals surface area contributed by atoms with E-state index in [0.29, 0.717) is 30.3 Å². The maximum Gasteiger partial charge on any atom is 0.319 e. The molecule has 3 rings (SSSR count). The summed E-state index contributed by atoms with van der Waals surface area (Å²) in [4.78, 5) is 26.8. The molecule has 26 heavy (non-hydrogen) atoms. The second-order valence-corrected chi connectivity index (χ2v) is 7.84. The molecule has 6 nitrogen and oxygen atoms in total. The van der Waals surface area contributed by atoms with E-state index in [4.69, 9.17) is 4.74 Å². The third-order valence-electron chi connectivity index (χ3n) is 5.18. The topological polar surface area (TPSA) is 70.7 Å². The fourth-order valence-electron chi connectivity index (χ4n) is 3.64. The number of urea groups is 1. The number of benzene rings is 1. The van der Waals surface area contributed by atoms with Crippen LogP contribution in [0.25, 0.3) is 0 Å². The van der Waals surface area contributed by atoms with Crippen molar-refractivity contribution in [3.8, 4) is 5.75 Å². The molecule has 1 fully saturated rings. The van der Waals surface area contributed by atoms with E-state index in [-0.39, 0.29) is 18.0 Å². The van der Waals surface area contributed by atoms with Crippen LogP contribution in [0.3, 0.4) is 0 Å². The van der Waals surface area contributed by atoms with Crippen molar-refractivity contribution in [2.45, 2.75) is 58.9 Å². The molecule has 0 unspecified atom stereocenters. The number of ether oxygens (including phenoxy) is 1. The molecule has 0 saturated heterocycles. The van der Waals surface area contributed by atoms with Gasteiger partial charge < -0.3 is 20.3 Å². The lowest BCUT2D eigenvalue weighted by Crippen LogP contribution is -2.42. The molecule has 2 N–H and O–H groups in total. The Labute approximate surface area is 155 Å². The van der Waals surface area contributed by atoms with Gasteiger partial charge in [0, 0.05) is 18.3 Å². The van der Waals surface area contributed by atoms with Gasteiger partial charge in [-0.3, -0.25) is 4.79 Å². The number of rotatable bonds is 3. The van der Waals surface area contributed by atoms with E-state index in [1.807, 2.05) is 39.0 Å². The summed E-state index contributed by atoms with van der Waals surface area (Å²) in [6.45, 7) is 6.61. The second-order valence-electron chi connectivity index (χ2n) is 7.84. The number of carbonyl (C=O) groups excluding carboxylic acids is 2. The number of nitrogens with one attached hydrogen (secondary N) is 2. The lowest BCUT2D eigenvalue weighted by Gasteiger charge is -2.27. The smallest absolute Gasteiger partial charge is 0.319 e. The molecular weight excluding hydrogens is 330 g/mol. The van der Waals surface area contributed by atoms with Crippen LogP contribution in [0.2, 0.25) is 0 Å². The van der Waals surface area contributed by atoms with Crippen molar-refractivity contribution >= 4 is 23.3 Å². The van der Waals surface area contributed by atoms with E-state index in [1.54, 1.807) is 4.90 Å². The van der Waals surface area contributed by atoms with Crippen molar-refractivity contribution in [1.29, 1.82) is 0 Å². The van der Waals surface area contributed by atoms with Gasteiger partial charge >= 0.3 is 6.03 Å². The molecule has 0 bridgehead atoms. The largest absolute Gasteiger partial charge is 0.490 e. The molecule has 0 spiro atoms. The Morgan fingerprint density at radius 1 is 1.27 bits per heavy atom. The Morgan fingerprint density at radius 3 is 2.69 bits per heavy atom. The summed E-state index contributed by atoms with van der Waals surface area (Å²) in [7, 11) is 0. The SMILES string of the molecule is CCN1C(=O)C(C)(C)COc2ccc(NC(=O)NC3CCCCC3)cc21. The monoisotopic (exact) mass is 359 g/mol. The summed E-state index contributed by atoms with van der Waals surface area (Å²) in [5.74, 6) is 0.701. The van der Waals surface area contributed by atoms with Crippen molar-refractivity contribution < 1.29 is 14.3 Å². The number of hydrogen-bond donors (Lipinski definition) is 2. The van der Waals surface area contributed by atoms with Gasteiger partial charge in [-0.2, -0.15) is 0 Å². The van der Waals surface area contributed by atoms with Gasteiger partial charge in [-0.05, 0) is 51.8 Å². The Hall–Kier alpha value is -2.24. The molecule has 3 amide bonds. The maximum absolute atomic E-state index is 12.8. The van der Waals surface area contributed by atoms with Gasteiger partial charge in [-0.25, -0.2) is 4.79 Å². The molecule has 1 heterocycles. The predicted molar refractivity (Wildman–Crippen MR) is 103 cm³/mol. The quantitative estimate of drug-likeness (QED) is 0.859. The Balaban J connectivity index is 1.75. The van der Waals surface area contributed by atoms with Crippen LogP contribution in [0, 0.1) is 5.41 Å². The first-order chi connectivity index (χ1) is 12.4. The first-order valence-electron chi connectivity index (χ1n) is 9.57. The molecule has 6 heteroatoms. The van der Waals surface area contributed by atoms with Gasteiger partial charge in [-0.1, -0.05) is 19.3 Å². The van der Waals surface area contributed by atoms with Crippen LogP contribution >= 0.6 is 0 Å². The van der Waals surface area contributed by atoms with E-state index in [1.165, 1.54) is 19.3 Å². The van der Waals surface area contributed by atoms with Crippen molar-refractivity contribution in [1.82, 2.24) is 5.32 Å². The Kier molecular flexibility index (Phi) is 5.39. The third-order valence-corrected chi connectivity index (χ3v) is 5.18.